The second-order valence-corrected chi connectivity index (χ2v) is 8.25. The van der Waals surface area contributed by atoms with Crippen molar-refractivity contribution >= 4 is 34.8 Å². The highest BCUT2D eigenvalue weighted by Gasteiger charge is 2.23. The minimum atomic E-state index is -0.344. The molecule has 31 heavy (non-hydrogen) atoms. The fraction of sp³-hybridized carbons (Fsp3) is 0.391. The van der Waals surface area contributed by atoms with E-state index in [1.807, 2.05) is 48.5 Å². The zero-order chi connectivity index (χ0) is 21.6. The predicted molar refractivity (Wildman–Crippen MR) is 125 cm³/mol. The molecule has 2 heterocycles. The second-order valence-electron chi connectivity index (χ2n) is 7.82. The van der Waals surface area contributed by atoms with Crippen LogP contribution in [0.1, 0.15) is 18.4 Å². The molecule has 164 valence electrons. The van der Waals surface area contributed by atoms with Crippen LogP contribution in [0, 0.1) is 0 Å². The first-order valence-electron chi connectivity index (χ1n) is 10.7. The Bertz CT molecular complexity index is 920. The molecule has 1 unspecified atom stereocenters. The Labute approximate surface area is 187 Å². The molecule has 2 fully saturated rings. The average molecular weight is 442 g/mol. The third-order valence-electron chi connectivity index (χ3n) is 5.64. The lowest BCUT2D eigenvalue weighted by molar-refractivity contribution is -0.124. The summed E-state index contributed by atoms with van der Waals surface area (Å²) in [6, 6.07) is 15.6. The van der Waals surface area contributed by atoms with Gasteiger partial charge in [-0.25, -0.2) is 4.99 Å². The number of nitrogens with two attached hydrogens (primary N) is 1. The molecule has 1 amide bonds. The summed E-state index contributed by atoms with van der Waals surface area (Å²) in [5.74, 6) is 0.459. The monoisotopic (exact) mass is 441 g/mol. The Balaban J connectivity index is 1.29. The zero-order valence-electron chi connectivity index (χ0n) is 17.5. The second kappa shape index (κ2) is 10.0. The maximum Gasteiger partial charge on any atom is 0.253 e. The summed E-state index contributed by atoms with van der Waals surface area (Å²) in [5, 5.41) is 3.68. The van der Waals surface area contributed by atoms with Crippen LogP contribution < -0.4 is 16.0 Å². The minimum absolute atomic E-state index is 0.0868. The number of ether oxygens (including phenoxy) is 1. The fourth-order valence-electron chi connectivity index (χ4n) is 3.87. The van der Waals surface area contributed by atoms with Gasteiger partial charge in [0.15, 0.2) is 5.96 Å². The van der Waals surface area contributed by atoms with E-state index in [1.165, 1.54) is 5.69 Å². The summed E-state index contributed by atoms with van der Waals surface area (Å²) in [5.41, 5.74) is 9.17. The van der Waals surface area contributed by atoms with Crippen LogP contribution in [0.4, 0.5) is 11.4 Å². The van der Waals surface area contributed by atoms with Crippen LogP contribution in [0.15, 0.2) is 53.5 Å². The van der Waals surface area contributed by atoms with Gasteiger partial charge in [0.05, 0.1) is 6.54 Å². The van der Waals surface area contributed by atoms with Gasteiger partial charge in [-0.05, 0) is 54.8 Å². The molecule has 0 aromatic heterocycles. The number of benzene rings is 2. The molecule has 0 aliphatic carbocycles. The Morgan fingerprint density at radius 3 is 2.65 bits per heavy atom. The summed E-state index contributed by atoms with van der Waals surface area (Å²) in [4.78, 5) is 21.2. The summed E-state index contributed by atoms with van der Waals surface area (Å²) in [7, 11) is 0. The lowest BCUT2D eigenvalue weighted by Crippen LogP contribution is -2.51. The van der Waals surface area contributed by atoms with E-state index in [0.717, 1.165) is 55.3 Å². The van der Waals surface area contributed by atoms with Crippen molar-refractivity contribution in [2.45, 2.75) is 25.5 Å². The molecule has 3 N–H and O–H groups in total. The maximum atomic E-state index is 12.2. The number of anilines is 2. The van der Waals surface area contributed by atoms with Crippen molar-refractivity contribution in [3.8, 4) is 0 Å². The molecular formula is C23H28ClN5O2. The van der Waals surface area contributed by atoms with E-state index in [0.29, 0.717) is 19.1 Å². The number of halogens is 1. The van der Waals surface area contributed by atoms with Gasteiger partial charge >= 0.3 is 0 Å². The van der Waals surface area contributed by atoms with E-state index in [9.17, 15) is 4.79 Å². The third kappa shape index (κ3) is 5.68. The van der Waals surface area contributed by atoms with Crippen LogP contribution >= 0.6 is 11.6 Å². The Kier molecular flexibility index (Phi) is 6.94. The van der Waals surface area contributed by atoms with Crippen LogP contribution in [-0.4, -0.2) is 55.7 Å². The molecule has 2 saturated heterocycles. The number of piperazine rings is 1. The van der Waals surface area contributed by atoms with Crippen molar-refractivity contribution in [3.05, 3.63) is 59.1 Å². The van der Waals surface area contributed by atoms with E-state index >= 15 is 0 Å². The lowest BCUT2D eigenvalue weighted by Gasteiger charge is -2.36. The van der Waals surface area contributed by atoms with E-state index < -0.39 is 0 Å². The van der Waals surface area contributed by atoms with Crippen LogP contribution in [0.25, 0.3) is 0 Å². The minimum Gasteiger partial charge on any atom is -0.370 e. The number of nitrogens with one attached hydrogen (secondary N) is 1. The number of carbonyl (C=O) groups excluding carboxylic acids is 1. The van der Waals surface area contributed by atoms with Gasteiger partial charge in [-0.3, -0.25) is 4.79 Å². The highest BCUT2D eigenvalue weighted by molar-refractivity contribution is 6.30. The Hall–Kier alpha value is -2.77. The van der Waals surface area contributed by atoms with Gasteiger partial charge in [0.2, 0.25) is 0 Å². The highest BCUT2D eigenvalue weighted by Crippen LogP contribution is 2.20. The SMILES string of the molecule is NC(=NCc1cccc(NC(=O)C2CCCO2)c1)N1CCN(c2ccc(Cl)cc2)CC1. The van der Waals surface area contributed by atoms with Gasteiger partial charge in [0, 0.05) is 49.2 Å². The van der Waals surface area contributed by atoms with E-state index in [-0.39, 0.29) is 12.0 Å². The number of nitrogens with zero attached hydrogens (tertiary/aromatic N) is 3. The smallest absolute Gasteiger partial charge is 0.253 e. The van der Waals surface area contributed by atoms with E-state index in [1.54, 1.807) is 0 Å². The molecule has 4 rings (SSSR count). The topological polar surface area (TPSA) is 83.2 Å². The Morgan fingerprint density at radius 1 is 1.16 bits per heavy atom. The summed E-state index contributed by atoms with van der Waals surface area (Å²) >= 11 is 5.98. The number of guanidine groups is 1. The van der Waals surface area contributed by atoms with Gasteiger partial charge in [-0.1, -0.05) is 23.7 Å². The Morgan fingerprint density at radius 2 is 1.94 bits per heavy atom. The standard InChI is InChI=1S/C23H28ClN5O2/c24-18-6-8-20(9-7-18)28-10-12-29(13-11-28)23(25)26-16-17-3-1-4-19(15-17)27-22(30)21-5-2-14-31-21/h1,3-4,6-9,15,21H,2,5,10-14,16H2,(H2,25,26)(H,27,30). The van der Waals surface area contributed by atoms with Gasteiger partial charge < -0.3 is 25.6 Å². The maximum absolute atomic E-state index is 12.2. The lowest BCUT2D eigenvalue weighted by atomic mass is 10.2. The van der Waals surface area contributed by atoms with Crippen LogP contribution in [0.3, 0.4) is 0 Å². The van der Waals surface area contributed by atoms with Crippen LogP contribution in [-0.2, 0) is 16.1 Å². The predicted octanol–water partition coefficient (Wildman–Crippen LogP) is 3.09. The molecule has 0 bridgehead atoms. The molecule has 2 aromatic carbocycles. The number of hydrogen-bond donors (Lipinski definition) is 2. The largest absolute Gasteiger partial charge is 0.370 e. The average Bonchev–Trinajstić information content (AvgIpc) is 3.34. The summed E-state index contributed by atoms with van der Waals surface area (Å²) in [6.07, 6.45) is 1.36. The summed E-state index contributed by atoms with van der Waals surface area (Å²) < 4.78 is 5.44. The van der Waals surface area contributed by atoms with Gasteiger partial charge in [0.25, 0.3) is 5.91 Å². The molecule has 0 spiro atoms. The van der Waals surface area contributed by atoms with Crippen molar-refractivity contribution in [3.63, 3.8) is 0 Å². The van der Waals surface area contributed by atoms with Crippen molar-refractivity contribution in [1.82, 2.24) is 4.90 Å². The summed E-state index contributed by atoms with van der Waals surface area (Å²) in [6.45, 7) is 4.50. The van der Waals surface area contributed by atoms with Crippen LogP contribution in [0.5, 0.6) is 0 Å². The number of rotatable bonds is 5. The molecule has 0 saturated carbocycles. The molecule has 8 heteroatoms. The zero-order valence-corrected chi connectivity index (χ0v) is 18.2. The molecule has 7 nitrogen and oxygen atoms in total. The van der Waals surface area contributed by atoms with Crippen LogP contribution in [0.2, 0.25) is 5.02 Å². The first-order valence-corrected chi connectivity index (χ1v) is 11.0. The fourth-order valence-corrected chi connectivity index (χ4v) is 4.00. The van der Waals surface area contributed by atoms with Crippen molar-refractivity contribution in [2.24, 2.45) is 10.7 Å². The van der Waals surface area contributed by atoms with Gasteiger partial charge in [-0.15, -0.1) is 0 Å². The molecular weight excluding hydrogens is 414 g/mol. The third-order valence-corrected chi connectivity index (χ3v) is 5.89. The number of aliphatic imine (C=N–C) groups is 1. The van der Waals surface area contributed by atoms with E-state index in [4.69, 9.17) is 22.1 Å². The van der Waals surface area contributed by atoms with Crippen molar-refractivity contribution in [2.75, 3.05) is 43.0 Å². The van der Waals surface area contributed by atoms with Gasteiger partial charge in [-0.2, -0.15) is 0 Å². The van der Waals surface area contributed by atoms with Gasteiger partial charge in [0.1, 0.15) is 6.10 Å². The molecule has 2 aliphatic heterocycles. The molecule has 1 atom stereocenters. The molecule has 2 aromatic rings. The van der Waals surface area contributed by atoms with Crippen molar-refractivity contribution < 1.29 is 9.53 Å². The molecule has 0 radical (unpaired) electrons. The first kappa shape index (κ1) is 21.5. The normalized spacial score (nSPS) is 19.5. The molecule has 2 aliphatic rings. The number of carbonyl (C=O) groups is 1. The number of hydrogen-bond acceptors (Lipinski definition) is 4. The quantitative estimate of drug-likeness (QED) is 0.550. The first-order chi connectivity index (χ1) is 15.1. The number of amides is 1. The van der Waals surface area contributed by atoms with Crippen molar-refractivity contribution in [1.29, 1.82) is 0 Å². The highest BCUT2D eigenvalue weighted by atomic mass is 35.5. The van der Waals surface area contributed by atoms with E-state index in [2.05, 4.69) is 20.1 Å².